The summed E-state index contributed by atoms with van der Waals surface area (Å²) >= 11 is 15.5. The second-order valence-corrected chi connectivity index (χ2v) is 3.99. The lowest BCUT2D eigenvalue weighted by molar-refractivity contribution is -0.142. The van der Waals surface area contributed by atoms with E-state index in [4.69, 9.17) is 39.9 Å². The van der Waals surface area contributed by atoms with E-state index in [2.05, 4.69) is 4.74 Å². The maximum absolute atomic E-state index is 10.6. The molecule has 0 aromatic rings. The molecule has 0 fully saturated rings. The lowest BCUT2D eigenvalue weighted by atomic mass is 10.5. The Bertz CT molecular complexity index is 131. The van der Waals surface area contributed by atoms with Gasteiger partial charge in [-0.2, -0.15) is 0 Å². The molecule has 0 saturated heterocycles. The second-order valence-electron chi connectivity index (χ2n) is 1.71. The van der Waals surface area contributed by atoms with E-state index in [1.807, 2.05) is 0 Å². The van der Waals surface area contributed by atoms with Crippen LogP contribution in [0.5, 0.6) is 0 Å². The second kappa shape index (κ2) is 5.04. The number of rotatable bonds is 3. The normalized spacial score (nSPS) is 11.3. The van der Waals surface area contributed by atoms with Crippen LogP contribution in [0, 0.1) is 0 Å². The van der Waals surface area contributed by atoms with Crippen LogP contribution in [0.1, 0.15) is 6.42 Å². The van der Waals surface area contributed by atoms with Crippen LogP contribution in [0.4, 0.5) is 0 Å². The van der Waals surface area contributed by atoms with Crippen molar-refractivity contribution in [3.05, 3.63) is 0 Å². The third-order valence-electron chi connectivity index (χ3n) is 0.767. The van der Waals surface area contributed by atoms with Gasteiger partial charge in [0, 0.05) is 13.0 Å². The number of carbonyl (C=O) groups excluding carboxylic acids is 1. The number of ether oxygens (including phenoxy) is 1. The van der Waals surface area contributed by atoms with E-state index in [1.165, 1.54) is 0 Å². The Morgan fingerprint density at radius 1 is 1.45 bits per heavy atom. The van der Waals surface area contributed by atoms with Crippen molar-refractivity contribution in [1.82, 2.24) is 0 Å². The number of carbonyl (C=O) groups is 1. The molecule has 0 aromatic carbocycles. The number of esters is 1. The first kappa shape index (κ1) is 11.3. The maximum atomic E-state index is 10.6. The van der Waals surface area contributed by atoms with Crippen molar-refractivity contribution < 1.29 is 14.6 Å². The highest BCUT2D eigenvalue weighted by atomic mass is 35.6. The van der Waals surface area contributed by atoms with Crippen LogP contribution in [0.3, 0.4) is 0 Å². The summed E-state index contributed by atoms with van der Waals surface area (Å²) in [5.41, 5.74) is 0. The number of hydrogen-bond donors (Lipinski definition) is 1. The van der Waals surface area contributed by atoms with Crippen molar-refractivity contribution in [1.29, 1.82) is 0 Å². The number of aliphatic hydroxyl groups is 1. The van der Waals surface area contributed by atoms with E-state index in [1.54, 1.807) is 0 Å². The SMILES string of the molecule is O=C(OCCCO)C(Cl)(Cl)Cl. The lowest BCUT2D eigenvalue weighted by Crippen LogP contribution is -2.22. The monoisotopic (exact) mass is 220 g/mol. The van der Waals surface area contributed by atoms with Crippen molar-refractivity contribution in [2.24, 2.45) is 0 Å². The number of hydrogen-bond acceptors (Lipinski definition) is 3. The van der Waals surface area contributed by atoms with Crippen LogP contribution in [-0.2, 0) is 9.53 Å². The van der Waals surface area contributed by atoms with Gasteiger partial charge in [0.15, 0.2) is 0 Å². The Labute approximate surface area is 79.2 Å². The molecule has 0 aliphatic carbocycles. The topological polar surface area (TPSA) is 46.5 Å². The first-order valence-electron chi connectivity index (χ1n) is 2.83. The zero-order valence-corrected chi connectivity index (χ0v) is 7.79. The fraction of sp³-hybridized carbons (Fsp3) is 0.800. The molecule has 0 atom stereocenters. The van der Waals surface area contributed by atoms with E-state index in [-0.39, 0.29) is 13.2 Å². The summed E-state index contributed by atoms with van der Waals surface area (Å²) in [7, 11) is 0. The van der Waals surface area contributed by atoms with Gasteiger partial charge in [0.05, 0.1) is 6.61 Å². The largest absolute Gasteiger partial charge is 0.462 e. The third-order valence-corrected chi connectivity index (χ3v) is 1.23. The molecule has 0 aromatic heterocycles. The first-order chi connectivity index (χ1) is 4.98. The zero-order chi connectivity index (χ0) is 8.91. The van der Waals surface area contributed by atoms with Gasteiger partial charge in [-0.3, -0.25) is 0 Å². The molecule has 0 radical (unpaired) electrons. The Hall–Kier alpha value is 0.300. The zero-order valence-electron chi connectivity index (χ0n) is 5.52. The first-order valence-corrected chi connectivity index (χ1v) is 3.96. The van der Waals surface area contributed by atoms with E-state index < -0.39 is 9.76 Å². The third kappa shape index (κ3) is 5.56. The van der Waals surface area contributed by atoms with E-state index in [0.717, 1.165) is 0 Å². The van der Waals surface area contributed by atoms with Crippen molar-refractivity contribution in [3.63, 3.8) is 0 Å². The molecular weight excluding hydrogens is 214 g/mol. The van der Waals surface area contributed by atoms with Crippen LogP contribution >= 0.6 is 34.8 Å². The van der Waals surface area contributed by atoms with Gasteiger partial charge in [0.1, 0.15) is 0 Å². The Kier molecular flexibility index (Phi) is 5.17. The highest BCUT2D eigenvalue weighted by Gasteiger charge is 2.32. The molecule has 0 saturated carbocycles. The lowest BCUT2D eigenvalue weighted by Gasteiger charge is -2.09. The summed E-state index contributed by atoms with van der Waals surface area (Å²) in [6, 6.07) is 0. The van der Waals surface area contributed by atoms with Crippen LogP contribution in [0.25, 0.3) is 0 Å². The molecule has 1 N–H and O–H groups in total. The number of halogens is 3. The minimum absolute atomic E-state index is 0.0588. The fourth-order valence-corrected chi connectivity index (χ4v) is 0.475. The molecule has 0 aliphatic heterocycles. The van der Waals surface area contributed by atoms with Gasteiger partial charge in [0.25, 0.3) is 3.79 Å². The van der Waals surface area contributed by atoms with Gasteiger partial charge >= 0.3 is 5.97 Å². The molecule has 0 bridgehead atoms. The van der Waals surface area contributed by atoms with E-state index in [0.29, 0.717) is 6.42 Å². The average molecular weight is 221 g/mol. The van der Waals surface area contributed by atoms with Crippen molar-refractivity contribution in [2.45, 2.75) is 10.2 Å². The molecule has 11 heavy (non-hydrogen) atoms. The molecule has 0 aliphatic rings. The number of aliphatic hydroxyl groups excluding tert-OH is 1. The molecular formula is C5H7Cl3O3. The smallest absolute Gasteiger partial charge is 0.358 e. The summed E-state index contributed by atoms with van der Waals surface area (Å²) in [6.45, 7) is -0.00359. The Morgan fingerprint density at radius 3 is 2.36 bits per heavy atom. The average Bonchev–Trinajstić information content (AvgIpc) is 1.86. The highest BCUT2D eigenvalue weighted by Crippen LogP contribution is 2.27. The summed E-state index contributed by atoms with van der Waals surface area (Å²) in [5.74, 6) is -0.920. The molecule has 66 valence electrons. The van der Waals surface area contributed by atoms with Crippen molar-refractivity contribution in [2.75, 3.05) is 13.2 Å². The maximum Gasteiger partial charge on any atom is 0.358 e. The van der Waals surface area contributed by atoms with Gasteiger partial charge < -0.3 is 9.84 Å². The Balaban J connectivity index is 3.54. The van der Waals surface area contributed by atoms with Gasteiger partial charge in [-0.15, -0.1) is 0 Å². The van der Waals surface area contributed by atoms with Crippen molar-refractivity contribution >= 4 is 40.8 Å². The summed E-state index contributed by atoms with van der Waals surface area (Å²) in [6.07, 6.45) is 0.340. The Morgan fingerprint density at radius 2 is 2.00 bits per heavy atom. The summed E-state index contributed by atoms with van der Waals surface area (Å²) < 4.78 is 2.43. The molecule has 6 heteroatoms. The van der Waals surface area contributed by atoms with Crippen molar-refractivity contribution in [3.8, 4) is 0 Å². The number of alkyl halides is 3. The van der Waals surface area contributed by atoms with Crippen LogP contribution in [0.15, 0.2) is 0 Å². The molecule has 0 unspecified atom stereocenters. The highest BCUT2D eigenvalue weighted by molar-refractivity contribution is 6.75. The molecule has 0 heterocycles. The van der Waals surface area contributed by atoms with Gasteiger partial charge in [-0.25, -0.2) is 4.79 Å². The predicted octanol–water partition coefficient (Wildman–Crippen LogP) is 1.28. The minimum atomic E-state index is -2.02. The standard InChI is InChI=1S/C5H7Cl3O3/c6-5(7,8)4(10)11-3-1-2-9/h9H,1-3H2. The quantitative estimate of drug-likeness (QED) is 0.444. The summed E-state index contributed by atoms with van der Waals surface area (Å²) in [4.78, 5) is 10.6. The molecule has 0 amide bonds. The van der Waals surface area contributed by atoms with Crippen LogP contribution in [-0.4, -0.2) is 28.1 Å². The predicted molar refractivity (Wildman–Crippen MR) is 43.0 cm³/mol. The van der Waals surface area contributed by atoms with Gasteiger partial charge in [0.2, 0.25) is 0 Å². The molecule has 0 rings (SSSR count). The van der Waals surface area contributed by atoms with Gasteiger partial charge in [-0.1, -0.05) is 34.8 Å². The summed E-state index contributed by atoms with van der Waals surface area (Å²) in [5, 5.41) is 8.29. The minimum Gasteiger partial charge on any atom is -0.462 e. The van der Waals surface area contributed by atoms with E-state index >= 15 is 0 Å². The fourth-order valence-electron chi connectivity index (χ4n) is 0.311. The molecule has 3 nitrogen and oxygen atoms in total. The van der Waals surface area contributed by atoms with Crippen LogP contribution < -0.4 is 0 Å². The van der Waals surface area contributed by atoms with Gasteiger partial charge in [-0.05, 0) is 0 Å². The van der Waals surface area contributed by atoms with Crippen LogP contribution in [0.2, 0.25) is 0 Å². The molecule has 0 spiro atoms. The van der Waals surface area contributed by atoms with E-state index in [9.17, 15) is 4.79 Å².